The normalized spacial score (nSPS) is 9.89. The molecule has 2 nitrogen and oxygen atoms in total. The maximum atomic E-state index is 13.3. The predicted molar refractivity (Wildman–Crippen MR) is 65.3 cm³/mol. The van der Waals surface area contributed by atoms with Crippen molar-refractivity contribution in [1.29, 1.82) is 5.26 Å². The summed E-state index contributed by atoms with van der Waals surface area (Å²) in [5.74, 6) is -1.13. The Balaban J connectivity index is 2.32. The smallest absolute Gasteiger partial charge is 0.165 e. The van der Waals surface area contributed by atoms with Gasteiger partial charge < -0.3 is 4.74 Å². The number of halogens is 3. The number of hydrogen-bond acceptors (Lipinski definition) is 2. The van der Waals surface area contributed by atoms with Crippen LogP contribution in [0.5, 0.6) is 11.5 Å². The first-order valence-electron chi connectivity index (χ1n) is 4.92. The average molecular weight is 310 g/mol. The summed E-state index contributed by atoms with van der Waals surface area (Å²) in [6.07, 6.45) is 0. The van der Waals surface area contributed by atoms with Crippen molar-refractivity contribution in [2.75, 3.05) is 0 Å². The highest BCUT2D eigenvalue weighted by Crippen LogP contribution is 2.28. The molecule has 0 aliphatic heterocycles. The molecule has 2 aromatic carbocycles. The van der Waals surface area contributed by atoms with Gasteiger partial charge in [-0.1, -0.05) is 0 Å². The van der Waals surface area contributed by atoms with Gasteiger partial charge in [-0.15, -0.1) is 0 Å². The standard InChI is InChI=1S/C13H6BrF2NO/c14-11-6-10(3-1-8(11)7-17)18-13-5-9(15)2-4-12(13)16/h1-6H. The average Bonchev–Trinajstić information content (AvgIpc) is 2.34. The largest absolute Gasteiger partial charge is 0.454 e. The Morgan fingerprint density at radius 1 is 1.11 bits per heavy atom. The van der Waals surface area contributed by atoms with E-state index in [1.165, 1.54) is 18.2 Å². The fourth-order valence-corrected chi connectivity index (χ4v) is 1.78. The Hall–Kier alpha value is -1.93. The van der Waals surface area contributed by atoms with Crippen LogP contribution in [0.15, 0.2) is 40.9 Å². The fraction of sp³-hybridized carbons (Fsp3) is 0. The van der Waals surface area contributed by atoms with E-state index in [9.17, 15) is 8.78 Å². The fourth-order valence-electron chi connectivity index (χ4n) is 1.33. The monoisotopic (exact) mass is 309 g/mol. The second-order valence-electron chi connectivity index (χ2n) is 3.43. The van der Waals surface area contributed by atoms with Gasteiger partial charge in [0.05, 0.1) is 5.56 Å². The van der Waals surface area contributed by atoms with Crippen LogP contribution in [0.2, 0.25) is 0 Å². The second-order valence-corrected chi connectivity index (χ2v) is 4.28. The highest BCUT2D eigenvalue weighted by molar-refractivity contribution is 9.10. The summed E-state index contributed by atoms with van der Waals surface area (Å²) in [6.45, 7) is 0. The van der Waals surface area contributed by atoms with E-state index in [1.807, 2.05) is 6.07 Å². The molecule has 18 heavy (non-hydrogen) atoms. The minimum Gasteiger partial charge on any atom is -0.454 e. The molecule has 5 heteroatoms. The Kier molecular flexibility index (Phi) is 3.58. The first-order chi connectivity index (χ1) is 8.60. The van der Waals surface area contributed by atoms with E-state index in [0.717, 1.165) is 18.2 Å². The van der Waals surface area contributed by atoms with Crippen molar-refractivity contribution >= 4 is 15.9 Å². The topological polar surface area (TPSA) is 33.0 Å². The Bertz CT molecular complexity index is 637. The zero-order valence-corrected chi connectivity index (χ0v) is 10.5. The highest BCUT2D eigenvalue weighted by Gasteiger charge is 2.08. The van der Waals surface area contributed by atoms with Crippen LogP contribution in [0.3, 0.4) is 0 Å². The van der Waals surface area contributed by atoms with Crippen LogP contribution in [0.1, 0.15) is 5.56 Å². The number of nitrogens with zero attached hydrogens (tertiary/aromatic N) is 1. The van der Waals surface area contributed by atoms with Gasteiger partial charge in [0.1, 0.15) is 17.6 Å². The maximum absolute atomic E-state index is 13.3. The van der Waals surface area contributed by atoms with Gasteiger partial charge in [-0.3, -0.25) is 0 Å². The van der Waals surface area contributed by atoms with Gasteiger partial charge in [0.15, 0.2) is 11.6 Å². The molecule has 90 valence electrons. The zero-order valence-electron chi connectivity index (χ0n) is 8.95. The van der Waals surface area contributed by atoms with E-state index in [2.05, 4.69) is 15.9 Å². The highest BCUT2D eigenvalue weighted by atomic mass is 79.9. The molecule has 2 rings (SSSR count). The number of benzene rings is 2. The molecular formula is C13H6BrF2NO. The summed E-state index contributed by atoms with van der Waals surface area (Å²) in [7, 11) is 0. The molecule has 2 aromatic rings. The van der Waals surface area contributed by atoms with Crippen LogP contribution < -0.4 is 4.74 Å². The van der Waals surface area contributed by atoms with E-state index in [-0.39, 0.29) is 5.75 Å². The molecule has 0 bridgehead atoms. The van der Waals surface area contributed by atoms with Crippen molar-refractivity contribution in [3.63, 3.8) is 0 Å². The van der Waals surface area contributed by atoms with Gasteiger partial charge in [-0.2, -0.15) is 5.26 Å². The minimum absolute atomic E-state index is 0.202. The Morgan fingerprint density at radius 2 is 1.89 bits per heavy atom. The van der Waals surface area contributed by atoms with Crippen molar-refractivity contribution in [2.45, 2.75) is 0 Å². The van der Waals surface area contributed by atoms with Crippen molar-refractivity contribution < 1.29 is 13.5 Å². The molecular weight excluding hydrogens is 304 g/mol. The number of hydrogen-bond donors (Lipinski definition) is 0. The van der Waals surface area contributed by atoms with Crippen LogP contribution in [0.4, 0.5) is 8.78 Å². The van der Waals surface area contributed by atoms with Crippen molar-refractivity contribution in [1.82, 2.24) is 0 Å². The molecule has 0 aliphatic carbocycles. The van der Waals surface area contributed by atoms with E-state index in [4.69, 9.17) is 10.00 Å². The molecule has 0 heterocycles. The van der Waals surface area contributed by atoms with Crippen molar-refractivity contribution in [3.8, 4) is 17.6 Å². The molecule has 0 aromatic heterocycles. The first kappa shape index (κ1) is 12.5. The zero-order chi connectivity index (χ0) is 13.1. The van der Waals surface area contributed by atoms with Crippen LogP contribution in [0.25, 0.3) is 0 Å². The van der Waals surface area contributed by atoms with Gasteiger partial charge >= 0.3 is 0 Å². The molecule has 0 saturated carbocycles. The van der Waals surface area contributed by atoms with Gasteiger partial charge in [0.2, 0.25) is 0 Å². The minimum atomic E-state index is -0.656. The summed E-state index contributed by atoms with van der Waals surface area (Å²) in [5.41, 5.74) is 0.432. The molecule has 0 N–H and O–H groups in total. The summed E-state index contributed by atoms with van der Waals surface area (Å²) in [4.78, 5) is 0. The van der Waals surface area contributed by atoms with Crippen LogP contribution in [-0.4, -0.2) is 0 Å². The van der Waals surface area contributed by atoms with E-state index in [0.29, 0.717) is 15.8 Å². The molecule has 0 saturated heterocycles. The molecule has 0 spiro atoms. The molecule has 0 atom stereocenters. The lowest BCUT2D eigenvalue weighted by molar-refractivity contribution is 0.436. The van der Waals surface area contributed by atoms with Crippen LogP contribution >= 0.6 is 15.9 Å². The van der Waals surface area contributed by atoms with E-state index < -0.39 is 11.6 Å². The molecule has 0 fully saturated rings. The number of ether oxygens (including phenoxy) is 1. The van der Waals surface area contributed by atoms with Gasteiger partial charge in [0.25, 0.3) is 0 Å². The van der Waals surface area contributed by atoms with E-state index >= 15 is 0 Å². The SMILES string of the molecule is N#Cc1ccc(Oc2cc(F)ccc2F)cc1Br. The quantitative estimate of drug-likeness (QED) is 0.824. The Morgan fingerprint density at radius 3 is 2.56 bits per heavy atom. The Labute approximate surface area is 111 Å². The van der Waals surface area contributed by atoms with Crippen LogP contribution in [0, 0.1) is 23.0 Å². The second kappa shape index (κ2) is 5.15. The predicted octanol–water partition coefficient (Wildman–Crippen LogP) is 4.39. The molecule has 0 unspecified atom stereocenters. The van der Waals surface area contributed by atoms with Gasteiger partial charge in [0, 0.05) is 10.5 Å². The summed E-state index contributed by atoms with van der Waals surface area (Å²) >= 11 is 3.18. The summed E-state index contributed by atoms with van der Waals surface area (Å²) < 4.78 is 32.0. The lowest BCUT2D eigenvalue weighted by Gasteiger charge is -2.07. The van der Waals surface area contributed by atoms with E-state index in [1.54, 1.807) is 0 Å². The van der Waals surface area contributed by atoms with Gasteiger partial charge in [-0.05, 0) is 46.3 Å². The molecule has 0 amide bonds. The van der Waals surface area contributed by atoms with Gasteiger partial charge in [-0.25, -0.2) is 8.78 Å². The number of rotatable bonds is 2. The summed E-state index contributed by atoms with van der Waals surface area (Å²) in [6, 6.07) is 9.48. The lowest BCUT2D eigenvalue weighted by atomic mass is 10.2. The third-order valence-corrected chi connectivity index (χ3v) is 2.84. The molecule has 0 aliphatic rings. The van der Waals surface area contributed by atoms with Crippen LogP contribution in [-0.2, 0) is 0 Å². The molecule has 0 radical (unpaired) electrons. The number of nitriles is 1. The van der Waals surface area contributed by atoms with Crippen molar-refractivity contribution in [3.05, 3.63) is 58.1 Å². The first-order valence-corrected chi connectivity index (χ1v) is 5.72. The lowest BCUT2D eigenvalue weighted by Crippen LogP contribution is -1.90. The summed E-state index contributed by atoms with van der Waals surface area (Å²) in [5, 5.41) is 8.75. The maximum Gasteiger partial charge on any atom is 0.165 e. The third kappa shape index (κ3) is 2.66. The van der Waals surface area contributed by atoms with Crippen molar-refractivity contribution in [2.24, 2.45) is 0 Å². The third-order valence-electron chi connectivity index (χ3n) is 2.18.